The summed E-state index contributed by atoms with van der Waals surface area (Å²) in [6.45, 7) is 8.83. The molecule has 1 N–H and O–H groups in total. The molecule has 214 valence electrons. The lowest BCUT2D eigenvalue weighted by Gasteiger charge is -2.31. The summed E-state index contributed by atoms with van der Waals surface area (Å²) < 4.78 is 7.51. The number of ether oxygens (including phenoxy) is 1. The molecule has 2 amide bonds. The number of carbonyl (C=O) groups is 1. The van der Waals surface area contributed by atoms with Crippen LogP contribution in [0.2, 0.25) is 0 Å². The van der Waals surface area contributed by atoms with Crippen molar-refractivity contribution in [1.82, 2.24) is 14.5 Å². The van der Waals surface area contributed by atoms with Crippen LogP contribution in [0.15, 0.2) is 108 Å². The molecular formula is C35H36N4O3. The maximum atomic E-state index is 14.1. The average molecular weight is 561 g/mol. The number of nitrogens with zero attached hydrogens (tertiary/aromatic N) is 3. The van der Waals surface area contributed by atoms with Gasteiger partial charge in [0.25, 0.3) is 5.56 Å². The molecule has 4 aromatic carbocycles. The van der Waals surface area contributed by atoms with Gasteiger partial charge in [-0.1, -0.05) is 80.6 Å². The molecule has 0 spiro atoms. The topological polar surface area (TPSA) is 76.5 Å². The monoisotopic (exact) mass is 560 g/mol. The highest BCUT2D eigenvalue weighted by Gasteiger charge is 2.28. The predicted octanol–water partition coefficient (Wildman–Crippen LogP) is 7.70. The van der Waals surface area contributed by atoms with E-state index in [-0.39, 0.29) is 11.6 Å². The number of urea groups is 1. The minimum atomic E-state index is -0.591. The van der Waals surface area contributed by atoms with Crippen LogP contribution in [0.3, 0.4) is 0 Å². The Bertz CT molecular complexity index is 1730. The highest BCUT2D eigenvalue weighted by molar-refractivity contribution is 5.89. The predicted molar refractivity (Wildman–Crippen MR) is 168 cm³/mol. The van der Waals surface area contributed by atoms with Crippen molar-refractivity contribution in [3.8, 4) is 11.4 Å². The molecule has 1 heterocycles. The van der Waals surface area contributed by atoms with Gasteiger partial charge < -0.3 is 15.0 Å². The molecule has 0 aliphatic heterocycles. The molecule has 0 saturated carbocycles. The van der Waals surface area contributed by atoms with Gasteiger partial charge in [-0.05, 0) is 67.3 Å². The Morgan fingerprint density at radius 1 is 0.881 bits per heavy atom. The summed E-state index contributed by atoms with van der Waals surface area (Å²) >= 11 is 0. The van der Waals surface area contributed by atoms with E-state index >= 15 is 0 Å². The second-order valence-corrected chi connectivity index (χ2v) is 10.5. The third-order valence-corrected chi connectivity index (χ3v) is 7.33. The lowest BCUT2D eigenvalue weighted by Crippen LogP contribution is -2.39. The fourth-order valence-electron chi connectivity index (χ4n) is 5.03. The standard InChI is InChI=1S/C35H36N4O3/c1-5-42-32-18-12-11-17-31(32)39-33(37-30-16-10-9-15-29(30)34(39)40)25(4)38(23-26-13-7-6-8-14-26)35(41)36-28-21-19-27(20-22-28)24(2)3/h6-22,24-25H,5,23H2,1-4H3,(H,36,41). The Labute approximate surface area is 246 Å². The molecule has 0 saturated heterocycles. The highest BCUT2D eigenvalue weighted by atomic mass is 16.5. The number of hydrogen-bond donors (Lipinski definition) is 1. The van der Waals surface area contributed by atoms with Gasteiger partial charge in [-0.15, -0.1) is 0 Å². The Morgan fingerprint density at radius 2 is 1.55 bits per heavy atom. The summed E-state index contributed by atoms with van der Waals surface area (Å²) in [5.74, 6) is 1.39. The first kappa shape index (κ1) is 28.6. The zero-order chi connectivity index (χ0) is 29.6. The lowest BCUT2D eigenvalue weighted by molar-refractivity contribution is 0.185. The quantitative estimate of drug-likeness (QED) is 0.200. The van der Waals surface area contributed by atoms with Crippen molar-refractivity contribution in [2.24, 2.45) is 0 Å². The summed E-state index contributed by atoms with van der Waals surface area (Å²) in [5, 5.41) is 3.56. The van der Waals surface area contributed by atoms with Gasteiger partial charge in [0.05, 0.1) is 29.2 Å². The van der Waals surface area contributed by atoms with Crippen molar-refractivity contribution < 1.29 is 9.53 Å². The van der Waals surface area contributed by atoms with Crippen LogP contribution in [0.1, 0.15) is 56.6 Å². The van der Waals surface area contributed by atoms with E-state index in [2.05, 4.69) is 19.2 Å². The van der Waals surface area contributed by atoms with E-state index in [4.69, 9.17) is 9.72 Å². The van der Waals surface area contributed by atoms with Gasteiger partial charge in [0.15, 0.2) is 0 Å². The zero-order valence-electron chi connectivity index (χ0n) is 24.5. The summed E-state index contributed by atoms with van der Waals surface area (Å²) in [5.41, 5.74) is 3.77. The molecule has 0 bridgehead atoms. The van der Waals surface area contributed by atoms with E-state index in [1.54, 1.807) is 15.5 Å². The van der Waals surface area contributed by atoms with E-state index in [1.807, 2.05) is 111 Å². The molecule has 1 atom stereocenters. The molecule has 5 aromatic rings. The van der Waals surface area contributed by atoms with Crippen molar-refractivity contribution in [2.45, 2.75) is 46.2 Å². The van der Waals surface area contributed by atoms with E-state index in [1.165, 1.54) is 5.56 Å². The maximum absolute atomic E-state index is 14.1. The second kappa shape index (κ2) is 12.7. The van der Waals surface area contributed by atoms with E-state index in [0.717, 1.165) is 5.56 Å². The largest absolute Gasteiger partial charge is 0.492 e. The van der Waals surface area contributed by atoms with Crippen LogP contribution in [0.5, 0.6) is 5.75 Å². The van der Waals surface area contributed by atoms with Crippen LogP contribution in [0, 0.1) is 0 Å². The molecule has 0 aliphatic rings. The molecule has 0 fully saturated rings. The average Bonchev–Trinajstić information content (AvgIpc) is 3.01. The third kappa shape index (κ3) is 6.05. The van der Waals surface area contributed by atoms with E-state index in [0.29, 0.717) is 52.9 Å². The maximum Gasteiger partial charge on any atom is 0.322 e. The number of rotatable bonds is 9. The summed E-state index contributed by atoms with van der Waals surface area (Å²) in [6.07, 6.45) is 0. The van der Waals surface area contributed by atoms with Crippen molar-refractivity contribution in [3.05, 3.63) is 130 Å². The van der Waals surface area contributed by atoms with Crippen molar-refractivity contribution in [2.75, 3.05) is 11.9 Å². The van der Waals surface area contributed by atoms with Crippen LogP contribution in [-0.2, 0) is 6.54 Å². The Balaban J connectivity index is 1.63. The van der Waals surface area contributed by atoms with Crippen LogP contribution < -0.4 is 15.6 Å². The first-order valence-corrected chi connectivity index (χ1v) is 14.3. The van der Waals surface area contributed by atoms with E-state index in [9.17, 15) is 9.59 Å². The van der Waals surface area contributed by atoms with Gasteiger partial charge in [-0.25, -0.2) is 9.78 Å². The van der Waals surface area contributed by atoms with Crippen LogP contribution in [0.4, 0.5) is 10.5 Å². The number of fused-ring (bicyclic) bond motifs is 1. The zero-order valence-corrected chi connectivity index (χ0v) is 24.5. The first-order valence-electron chi connectivity index (χ1n) is 14.3. The number of aromatic nitrogens is 2. The number of hydrogen-bond acceptors (Lipinski definition) is 4. The Hall–Kier alpha value is -4.91. The minimum Gasteiger partial charge on any atom is -0.492 e. The molecule has 7 nitrogen and oxygen atoms in total. The van der Waals surface area contributed by atoms with Crippen LogP contribution in [-0.4, -0.2) is 27.1 Å². The van der Waals surface area contributed by atoms with Gasteiger partial charge in [0, 0.05) is 12.2 Å². The number of benzene rings is 4. The molecule has 0 radical (unpaired) electrons. The fraction of sp³-hybridized carbons (Fsp3) is 0.229. The number of para-hydroxylation sites is 3. The molecule has 7 heteroatoms. The van der Waals surface area contributed by atoms with Gasteiger partial charge in [0.2, 0.25) is 0 Å². The smallest absolute Gasteiger partial charge is 0.322 e. The summed E-state index contributed by atoms with van der Waals surface area (Å²) in [7, 11) is 0. The Morgan fingerprint density at radius 3 is 2.26 bits per heavy atom. The second-order valence-electron chi connectivity index (χ2n) is 10.5. The van der Waals surface area contributed by atoms with Gasteiger partial charge in [-0.2, -0.15) is 0 Å². The van der Waals surface area contributed by atoms with Crippen LogP contribution >= 0.6 is 0 Å². The third-order valence-electron chi connectivity index (χ3n) is 7.33. The molecule has 1 unspecified atom stereocenters. The fourth-order valence-corrected chi connectivity index (χ4v) is 5.03. The minimum absolute atomic E-state index is 0.223. The molecule has 5 rings (SSSR count). The number of amides is 2. The van der Waals surface area contributed by atoms with Crippen molar-refractivity contribution in [1.29, 1.82) is 0 Å². The van der Waals surface area contributed by atoms with Crippen molar-refractivity contribution >= 4 is 22.6 Å². The van der Waals surface area contributed by atoms with Gasteiger partial charge in [-0.3, -0.25) is 9.36 Å². The van der Waals surface area contributed by atoms with Gasteiger partial charge in [0.1, 0.15) is 11.6 Å². The normalized spacial score (nSPS) is 11.8. The van der Waals surface area contributed by atoms with Gasteiger partial charge >= 0.3 is 6.03 Å². The highest BCUT2D eigenvalue weighted by Crippen LogP contribution is 2.29. The summed E-state index contributed by atoms with van der Waals surface area (Å²) in [6, 6.07) is 31.5. The molecule has 42 heavy (non-hydrogen) atoms. The van der Waals surface area contributed by atoms with Crippen LogP contribution in [0.25, 0.3) is 16.6 Å². The SMILES string of the molecule is CCOc1ccccc1-n1c(C(C)N(Cc2ccccc2)C(=O)Nc2ccc(C(C)C)cc2)nc2ccccc2c1=O. The Kier molecular flexibility index (Phi) is 8.67. The molecule has 1 aromatic heterocycles. The number of anilines is 1. The van der Waals surface area contributed by atoms with Crippen molar-refractivity contribution in [3.63, 3.8) is 0 Å². The molecule has 0 aliphatic carbocycles. The number of carbonyl (C=O) groups excluding carboxylic acids is 1. The first-order chi connectivity index (χ1) is 20.4. The lowest BCUT2D eigenvalue weighted by atomic mass is 10.0. The number of nitrogens with one attached hydrogen (secondary N) is 1. The molecular weight excluding hydrogens is 524 g/mol. The summed E-state index contributed by atoms with van der Waals surface area (Å²) in [4.78, 5) is 34.8. The van der Waals surface area contributed by atoms with E-state index < -0.39 is 6.04 Å².